The summed E-state index contributed by atoms with van der Waals surface area (Å²) in [5, 5.41) is 0. The largest absolute Gasteiger partial charge is 0.371 e. The molecule has 0 spiro atoms. The van der Waals surface area contributed by atoms with Crippen molar-refractivity contribution >= 4 is 17.3 Å². The van der Waals surface area contributed by atoms with Crippen molar-refractivity contribution in [2.75, 3.05) is 37.6 Å². The van der Waals surface area contributed by atoms with Crippen molar-refractivity contribution < 1.29 is 4.39 Å². The van der Waals surface area contributed by atoms with Crippen LogP contribution in [0.4, 0.5) is 10.1 Å². The summed E-state index contributed by atoms with van der Waals surface area (Å²) < 4.78 is 13.8. The lowest BCUT2D eigenvalue weighted by molar-refractivity contribution is 0.300. The van der Waals surface area contributed by atoms with E-state index in [0.717, 1.165) is 44.8 Å². The highest BCUT2D eigenvalue weighted by Gasteiger charge is 2.13. The fraction of sp³-hybridized carbons (Fsp3) is 0.625. The van der Waals surface area contributed by atoms with Crippen LogP contribution in [0, 0.1) is 5.82 Å². The normalized spacial score (nSPS) is 11.1. The number of benzene rings is 1. The van der Waals surface area contributed by atoms with Gasteiger partial charge in [-0.25, -0.2) is 4.39 Å². The third-order valence-corrected chi connectivity index (χ3v) is 4.01. The summed E-state index contributed by atoms with van der Waals surface area (Å²) >= 11 is 5.89. The fourth-order valence-corrected chi connectivity index (χ4v) is 2.71. The van der Waals surface area contributed by atoms with Crippen LogP contribution in [-0.4, -0.2) is 37.6 Å². The predicted molar refractivity (Wildman–Crippen MR) is 86.2 cm³/mol. The molecule has 0 aliphatic rings. The molecule has 0 bridgehead atoms. The zero-order valence-corrected chi connectivity index (χ0v) is 13.6. The minimum Gasteiger partial charge on any atom is -0.371 e. The maximum absolute atomic E-state index is 13.8. The van der Waals surface area contributed by atoms with Crippen molar-refractivity contribution in [3.63, 3.8) is 0 Å². The number of nitrogens with zero attached hydrogens (tertiary/aromatic N) is 2. The van der Waals surface area contributed by atoms with E-state index < -0.39 is 0 Å². The van der Waals surface area contributed by atoms with Gasteiger partial charge in [0, 0.05) is 24.3 Å². The molecule has 0 saturated heterocycles. The summed E-state index contributed by atoms with van der Waals surface area (Å²) in [4.78, 5) is 4.62. The van der Waals surface area contributed by atoms with Crippen LogP contribution in [0.3, 0.4) is 0 Å². The quantitative estimate of drug-likeness (QED) is 0.633. The Bertz CT molecular complexity index is 394. The third kappa shape index (κ3) is 4.64. The highest BCUT2D eigenvalue weighted by Crippen LogP contribution is 2.25. The SMILES string of the molecule is CCN(CC)CCCN(CC)c1cccc(F)c1CCl. The van der Waals surface area contributed by atoms with E-state index >= 15 is 0 Å². The van der Waals surface area contributed by atoms with E-state index in [-0.39, 0.29) is 11.7 Å². The van der Waals surface area contributed by atoms with Crippen LogP contribution in [0.2, 0.25) is 0 Å². The number of halogens is 2. The van der Waals surface area contributed by atoms with Gasteiger partial charge in [-0.2, -0.15) is 0 Å². The van der Waals surface area contributed by atoms with Gasteiger partial charge in [0.05, 0.1) is 5.88 Å². The first-order chi connectivity index (χ1) is 9.67. The van der Waals surface area contributed by atoms with E-state index in [2.05, 4.69) is 30.6 Å². The molecule has 0 atom stereocenters. The average molecular weight is 301 g/mol. The lowest BCUT2D eigenvalue weighted by Crippen LogP contribution is -2.30. The molecule has 0 radical (unpaired) electrons. The lowest BCUT2D eigenvalue weighted by atomic mass is 10.1. The van der Waals surface area contributed by atoms with Crippen molar-refractivity contribution in [1.29, 1.82) is 0 Å². The fourth-order valence-electron chi connectivity index (χ4n) is 2.45. The molecule has 0 aliphatic heterocycles. The minimum atomic E-state index is -0.209. The number of hydrogen-bond donors (Lipinski definition) is 0. The summed E-state index contributed by atoms with van der Waals surface area (Å²) in [6, 6.07) is 5.19. The van der Waals surface area contributed by atoms with E-state index in [0.29, 0.717) is 5.56 Å². The number of rotatable bonds is 9. The molecule has 0 saturated carbocycles. The Morgan fingerprint density at radius 1 is 1.05 bits per heavy atom. The summed E-state index contributed by atoms with van der Waals surface area (Å²) in [6.07, 6.45) is 1.08. The van der Waals surface area contributed by atoms with Gasteiger partial charge >= 0.3 is 0 Å². The molecule has 0 fully saturated rings. The van der Waals surface area contributed by atoms with Crippen LogP contribution >= 0.6 is 11.6 Å². The molecule has 0 N–H and O–H groups in total. The van der Waals surface area contributed by atoms with Crippen LogP contribution in [0.25, 0.3) is 0 Å². The molecule has 0 heterocycles. The molecule has 0 unspecified atom stereocenters. The van der Waals surface area contributed by atoms with Crippen molar-refractivity contribution in [3.8, 4) is 0 Å². The van der Waals surface area contributed by atoms with E-state index in [1.165, 1.54) is 6.07 Å². The van der Waals surface area contributed by atoms with Crippen molar-refractivity contribution in [1.82, 2.24) is 4.90 Å². The molecule has 4 heteroatoms. The molecule has 114 valence electrons. The van der Waals surface area contributed by atoms with Gasteiger partial charge in [-0.15, -0.1) is 11.6 Å². The highest BCUT2D eigenvalue weighted by atomic mass is 35.5. The predicted octanol–water partition coefficient (Wildman–Crippen LogP) is 4.12. The Morgan fingerprint density at radius 3 is 2.30 bits per heavy atom. The third-order valence-electron chi connectivity index (χ3n) is 3.75. The first-order valence-electron chi connectivity index (χ1n) is 7.48. The Labute approximate surface area is 127 Å². The number of hydrogen-bond acceptors (Lipinski definition) is 2. The van der Waals surface area contributed by atoms with Crippen molar-refractivity contribution in [2.45, 2.75) is 33.1 Å². The van der Waals surface area contributed by atoms with Crippen LogP contribution < -0.4 is 4.90 Å². The molecule has 0 aromatic heterocycles. The molecule has 1 aromatic carbocycles. The Morgan fingerprint density at radius 2 is 1.75 bits per heavy atom. The molecule has 1 rings (SSSR count). The van der Waals surface area contributed by atoms with Crippen molar-refractivity contribution in [3.05, 3.63) is 29.6 Å². The maximum Gasteiger partial charge on any atom is 0.129 e. The van der Waals surface area contributed by atoms with Gasteiger partial charge in [-0.1, -0.05) is 19.9 Å². The second-order valence-corrected chi connectivity index (χ2v) is 5.10. The van der Waals surface area contributed by atoms with Gasteiger partial charge in [0.15, 0.2) is 0 Å². The van der Waals surface area contributed by atoms with Crippen LogP contribution in [0.1, 0.15) is 32.8 Å². The van der Waals surface area contributed by atoms with Crippen LogP contribution in [0.15, 0.2) is 18.2 Å². The van der Waals surface area contributed by atoms with Crippen molar-refractivity contribution in [2.24, 2.45) is 0 Å². The summed E-state index contributed by atoms with van der Waals surface area (Å²) in [5.74, 6) is 0.00820. The zero-order chi connectivity index (χ0) is 15.0. The summed E-state index contributed by atoms with van der Waals surface area (Å²) in [6.45, 7) is 11.5. The Kier molecular flexibility index (Phi) is 7.93. The lowest BCUT2D eigenvalue weighted by Gasteiger charge is -2.27. The first kappa shape index (κ1) is 17.3. The highest BCUT2D eigenvalue weighted by molar-refractivity contribution is 6.17. The number of alkyl halides is 1. The Hall–Kier alpha value is -0.800. The molecular weight excluding hydrogens is 275 g/mol. The van der Waals surface area contributed by atoms with Gasteiger partial charge in [0.1, 0.15) is 5.82 Å². The summed E-state index contributed by atoms with van der Waals surface area (Å²) in [5.41, 5.74) is 1.54. The van der Waals surface area contributed by atoms with Crippen LogP contribution in [0.5, 0.6) is 0 Å². The summed E-state index contributed by atoms with van der Waals surface area (Å²) in [7, 11) is 0. The second kappa shape index (κ2) is 9.19. The van der Waals surface area contributed by atoms with E-state index in [4.69, 9.17) is 11.6 Å². The molecular formula is C16H26ClFN2. The molecule has 2 nitrogen and oxygen atoms in total. The topological polar surface area (TPSA) is 6.48 Å². The maximum atomic E-state index is 13.8. The van der Waals surface area contributed by atoms with E-state index in [1.54, 1.807) is 6.07 Å². The van der Waals surface area contributed by atoms with E-state index in [1.807, 2.05) is 6.07 Å². The first-order valence-corrected chi connectivity index (χ1v) is 8.01. The molecule has 20 heavy (non-hydrogen) atoms. The molecule has 0 aliphatic carbocycles. The van der Waals surface area contributed by atoms with Gasteiger partial charge in [0.25, 0.3) is 0 Å². The van der Waals surface area contributed by atoms with Crippen LogP contribution in [-0.2, 0) is 5.88 Å². The monoisotopic (exact) mass is 300 g/mol. The second-order valence-electron chi connectivity index (χ2n) is 4.83. The van der Waals surface area contributed by atoms with Gasteiger partial charge in [-0.05, 0) is 45.1 Å². The zero-order valence-electron chi connectivity index (χ0n) is 12.8. The standard InChI is InChI=1S/C16H26ClFN2/c1-4-19(5-2)11-8-12-20(6-3)16-10-7-9-15(18)14(16)13-17/h7,9-10H,4-6,8,11-13H2,1-3H3. The van der Waals surface area contributed by atoms with Gasteiger partial charge < -0.3 is 9.80 Å². The van der Waals surface area contributed by atoms with E-state index in [9.17, 15) is 4.39 Å². The van der Waals surface area contributed by atoms with Gasteiger partial charge in [0.2, 0.25) is 0 Å². The van der Waals surface area contributed by atoms with Gasteiger partial charge in [-0.3, -0.25) is 0 Å². The minimum absolute atomic E-state index is 0.209. The number of anilines is 1. The smallest absolute Gasteiger partial charge is 0.129 e. The Balaban J connectivity index is 2.69. The molecule has 0 amide bonds. The average Bonchev–Trinajstić information content (AvgIpc) is 2.47. The molecule has 1 aromatic rings.